The van der Waals surface area contributed by atoms with Crippen LogP contribution in [0.1, 0.15) is 16.9 Å². The Morgan fingerprint density at radius 2 is 2.27 bits per heavy atom. The number of amides is 1. The molecule has 0 unspecified atom stereocenters. The van der Waals surface area contributed by atoms with Crippen LogP contribution in [-0.2, 0) is 4.74 Å². The van der Waals surface area contributed by atoms with Gasteiger partial charge in [-0.2, -0.15) is 5.10 Å². The van der Waals surface area contributed by atoms with Crippen LogP contribution >= 0.6 is 0 Å². The summed E-state index contributed by atoms with van der Waals surface area (Å²) in [5, 5.41) is 7.10. The quantitative estimate of drug-likeness (QED) is 0.772. The molecule has 2 aromatic heterocycles. The molecule has 3 heterocycles. The van der Waals surface area contributed by atoms with E-state index in [0.717, 1.165) is 0 Å². The van der Waals surface area contributed by atoms with Crippen molar-refractivity contribution in [2.45, 2.75) is 18.6 Å². The molecule has 7 nitrogen and oxygen atoms in total. The van der Waals surface area contributed by atoms with E-state index in [9.17, 15) is 9.18 Å². The first kappa shape index (κ1) is 16.5. The summed E-state index contributed by atoms with van der Waals surface area (Å²) in [4.78, 5) is 16.7. The average molecular weight is 356 g/mol. The van der Waals surface area contributed by atoms with Gasteiger partial charge in [0.25, 0.3) is 5.91 Å². The summed E-state index contributed by atoms with van der Waals surface area (Å²) >= 11 is 0. The lowest BCUT2D eigenvalue weighted by atomic mass is 10.1. The van der Waals surface area contributed by atoms with Crippen molar-refractivity contribution in [1.82, 2.24) is 19.9 Å². The van der Waals surface area contributed by atoms with Gasteiger partial charge >= 0.3 is 0 Å². The fourth-order valence-corrected chi connectivity index (χ4v) is 2.89. The number of ether oxygens (including phenoxy) is 2. The van der Waals surface area contributed by atoms with E-state index in [1.807, 2.05) is 0 Å². The third-order valence-electron chi connectivity index (χ3n) is 4.16. The molecule has 3 aromatic rings. The predicted octanol–water partition coefficient (Wildman–Crippen LogP) is 1.83. The van der Waals surface area contributed by atoms with E-state index in [-0.39, 0.29) is 29.6 Å². The summed E-state index contributed by atoms with van der Waals surface area (Å²) in [5.41, 5.74) is 0.851. The van der Waals surface area contributed by atoms with E-state index in [2.05, 4.69) is 15.4 Å². The van der Waals surface area contributed by atoms with Crippen LogP contribution in [0.3, 0.4) is 0 Å². The molecule has 26 heavy (non-hydrogen) atoms. The van der Waals surface area contributed by atoms with Crippen molar-refractivity contribution in [2.24, 2.45) is 0 Å². The summed E-state index contributed by atoms with van der Waals surface area (Å²) in [7, 11) is 0. The second-order valence-corrected chi connectivity index (χ2v) is 6.01. The van der Waals surface area contributed by atoms with Crippen molar-refractivity contribution in [3.8, 4) is 5.75 Å². The fraction of sp³-hybridized carbons (Fsp3) is 0.278. The van der Waals surface area contributed by atoms with Crippen molar-refractivity contribution in [3.63, 3.8) is 0 Å². The number of benzene rings is 1. The topological polar surface area (TPSA) is 77.8 Å². The number of carbonyl (C=O) groups excluding carboxylic acids is 1. The molecule has 134 valence electrons. The Kier molecular flexibility index (Phi) is 4.49. The maximum absolute atomic E-state index is 13.4. The fourth-order valence-electron chi connectivity index (χ4n) is 2.89. The Morgan fingerprint density at radius 3 is 3.12 bits per heavy atom. The maximum atomic E-state index is 13.4. The standard InChI is InChI=1S/C18H17FN4O3/c19-12-3-1-4-13(9-12)26-16-5-8-25-11-15(16)21-18(24)14-10-17-20-6-2-7-23(17)22-14/h1-4,6-7,9-10,15-16H,5,8,11H2,(H,21,24)/t15-,16+/m1/s1. The minimum atomic E-state index is -0.368. The molecule has 0 saturated carbocycles. The molecule has 1 saturated heterocycles. The highest BCUT2D eigenvalue weighted by molar-refractivity contribution is 5.93. The van der Waals surface area contributed by atoms with Gasteiger partial charge in [-0.3, -0.25) is 4.79 Å². The predicted molar refractivity (Wildman–Crippen MR) is 90.5 cm³/mol. The molecule has 1 amide bonds. The van der Waals surface area contributed by atoms with Crippen LogP contribution in [0.4, 0.5) is 4.39 Å². The SMILES string of the molecule is O=C(N[C@@H]1COCC[C@@H]1Oc1cccc(F)c1)c1cc2ncccn2n1. The lowest BCUT2D eigenvalue weighted by Crippen LogP contribution is -2.51. The highest BCUT2D eigenvalue weighted by atomic mass is 19.1. The Morgan fingerprint density at radius 1 is 1.35 bits per heavy atom. The van der Waals surface area contributed by atoms with E-state index in [0.29, 0.717) is 31.0 Å². The van der Waals surface area contributed by atoms with Crippen molar-refractivity contribution in [2.75, 3.05) is 13.2 Å². The van der Waals surface area contributed by atoms with Gasteiger partial charge in [-0.05, 0) is 18.2 Å². The van der Waals surface area contributed by atoms with Crippen molar-refractivity contribution in [3.05, 3.63) is 60.3 Å². The molecule has 1 N–H and O–H groups in total. The maximum Gasteiger partial charge on any atom is 0.272 e. The first-order chi connectivity index (χ1) is 12.7. The number of carbonyl (C=O) groups is 1. The van der Waals surface area contributed by atoms with Crippen LogP contribution in [0.15, 0.2) is 48.8 Å². The number of rotatable bonds is 4. The third kappa shape index (κ3) is 3.50. The number of nitrogens with one attached hydrogen (secondary N) is 1. The Hall–Kier alpha value is -3.00. The minimum absolute atomic E-state index is 0.263. The Balaban J connectivity index is 1.48. The molecular formula is C18H17FN4O3. The Labute approximate surface area is 148 Å². The van der Waals surface area contributed by atoms with Crippen molar-refractivity contribution in [1.29, 1.82) is 0 Å². The van der Waals surface area contributed by atoms with E-state index >= 15 is 0 Å². The minimum Gasteiger partial charge on any atom is -0.488 e. The molecule has 1 fully saturated rings. The van der Waals surface area contributed by atoms with Gasteiger partial charge in [0.05, 0.1) is 19.3 Å². The third-order valence-corrected chi connectivity index (χ3v) is 4.16. The highest BCUT2D eigenvalue weighted by Gasteiger charge is 2.30. The van der Waals surface area contributed by atoms with Crippen LogP contribution in [0.5, 0.6) is 5.75 Å². The van der Waals surface area contributed by atoms with E-state index in [1.54, 1.807) is 36.7 Å². The summed E-state index contributed by atoms with van der Waals surface area (Å²) in [6.45, 7) is 0.835. The average Bonchev–Trinajstić information content (AvgIpc) is 3.08. The van der Waals surface area contributed by atoms with Gasteiger partial charge in [-0.1, -0.05) is 6.07 Å². The van der Waals surface area contributed by atoms with Gasteiger partial charge in [0, 0.05) is 30.9 Å². The van der Waals surface area contributed by atoms with Gasteiger partial charge < -0.3 is 14.8 Å². The molecular weight excluding hydrogens is 339 g/mol. The van der Waals surface area contributed by atoms with Crippen LogP contribution in [-0.4, -0.2) is 45.9 Å². The van der Waals surface area contributed by atoms with E-state index in [4.69, 9.17) is 9.47 Å². The number of hydrogen-bond donors (Lipinski definition) is 1. The van der Waals surface area contributed by atoms with E-state index in [1.165, 1.54) is 16.6 Å². The Bertz CT molecular complexity index is 896. The van der Waals surface area contributed by atoms with Crippen LogP contribution in [0.25, 0.3) is 5.65 Å². The molecule has 0 aliphatic carbocycles. The number of nitrogens with zero attached hydrogens (tertiary/aromatic N) is 3. The summed E-state index contributed by atoms with van der Waals surface area (Å²) in [6, 6.07) is 8.93. The van der Waals surface area contributed by atoms with Crippen molar-refractivity contribution >= 4 is 11.6 Å². The summed E-state index contributed by atoms with van der Waals surface area (Å²) in [6.07, 6.45) is 3.63. The van der Waals surface area contributed by atoms with Crippen LogP contribution in [0, 0.1) is 5.82 Å². The molecule has 4 rings (SSSR count). The largest absolute Gasteiger partial charge is 0.488 e. The molecule has 1 aliphatic rings. The molecule has 0 bridgehead atoms. The van der Waals surface area contributed by atoms with Crippen LogP contribution in [0.2, 0.25) is 0 Å². The zero-order valence-electron chi connectivity index (χ0n) is 13.8. The number of fused-ring (bicyclic) bond motifs is 1. The molecule has 0 radical (unpaired) electrons. The molecule has 8 heteroatoms. The van der Waals surface area contributed by atoms with Gasteiger partial charge in [0.1, 0.15) is 17.7 Å². The number of hydrogen-bond acceptors (Lipinski definition) is 5. The smallest absolute Gasteiger partial charge is 0.272 e. The van der Waals surface area contributed by atoms with Gasteiger partial charge in [0.2, 0.25) is 0 Å². The first-order valence-corrected chi connectivity index (χ1v) is 8.30. The zero-order chi connectivity index (χ0) is 17.9. The molecule has 1 aliphatic heterocycles. The molecule has 1 aromatic carbocycles. The van der Waals surface area contributed by atoms with E-state index < -0.39 is 0 Å². The van der Waals surface area contributed by atoms with Crippen LogP contribution < -0.4 is 10.1 Å². The van der Waals surface area contributed by atoms with Gasteiger partial charge in [-0.25, -0.2) is 13.9 Å². The molecule has 2 atom stereocenters. The summed E-state index contributed by atoms with van der Waals surface area (Å²) in [5.74, 6) is -0.278. The zero-order valence-corrected chi connectivity index (χ0v) is 13.8. The number of halogens is 1. The second kappa shape index (κ2) is 7.09. The molecule has 0 spiro atoms. The monoisotopic (exact) mass is 356 g/mol. The number of aromatic nitrogens is 3. The van der Waals surface area contributed by atoms with Gasteiger partial charge in [0.15, 0.2) is 11.3 Å². The first-order valence-electron chi connectivity index (χ1n) is 8.30. The normalized spacial score (nSPS) is 20.0. The highest BCUT2D eigenvalue weighted by Crippen LogP contribution is 2.19. The van der Waals surface area contributed by atoms with Crippen molar-refractivity contribution < 1.29 is 18.7 Å². The lowest BCUT2D eigenvalue weighted by Gasteiger charge is -2.32. The van der Waals surface area contributed by atoms with Gasteiger partial charge in [-0.15, -0.1) is 0 Å². The summed E-state index contributed by atoms with van der Waals surface area (Å²) < 4.78 is 26.2. The second-order valence-electron chi connectivity index (χ2n) is 6.01. The lowest BCUT2D eigenvalue weighted by molar-refractivity contribution is -0.00304.